The molecule has 1 fully saturated rings. The molecule has 0 aliphatic heterocycles. The van der Waals surface area contributed by atoms with E-state index in [0.29, 0.717) is 60.9 Å². The Morgan fingerprint density at radius 1 is 0.926 bits per heavy atom. The van der Waals surface area contributed by atoms with Gasteiger partial charge in [0.25, 0.3) is 0 Å². The SMILES string of the molecule is COc1cc(NC(=O)OCCc2ccc(-c3ccccc3)c(N(C(=O)O)C3CCC(NC(=O)OC(C)(C)C)CC3)c2)c(Cl)cc1CO[Si](C)(C)C(C)(C)C. The number of carbonyl (C=O) groups excluding carboxylic acids is 2. The Labute approximate surface area is 325 Å². The molecule has 0 saturated heterocycles. The fourth-order valence-electron chi connectivity index (χ4n) is 6.08. The quantitative estimate of drug-likeness (QED) is 0.155. The molecule has 13 heteroatoms. The van der Waals surface area contributed by atoms with Gasteiger partial charge in [0, 0.05) is 35.7 Å². The van der Waals surface area contributed by atoms with Crippen molar-refractivity contribution in [1.82, 2.24) is 5.32 Å². The minimum absolute atomic E-state index is 0.0393. The predicted molar refractivity (Wildman–Crippen MR) is 216 cm³/mol. The Hall–Kier alpha value is -4.26. The van der Waals surface area contributed by atoms with Crippen molar-refractivity contribution in [1.29, 1.82) is 0 Å². The number of hydrogen-bond donors (Lipinski definition) is 3. The van der Waals surface area contributed by atoms with E-state index in [1.54, 1.807) is 19.2 Å². The van der Waals surface area contributed by atoms with Gasteiger partial charge in [-0.3, -0.25) is 10.2 Å². The Kier molecular flexibility index (Phi) is 14.1. The first-order chi connectivity index (χ1) is 25.3. The van der Waals surface area contributed by atoms with Crippen LogP contribution in [0.2, 0.25) is 23.2 Å². The summed E-state index contributed by atoms with van der Waals surface area (Å²) in [5.41, 5.74) is 3.52. The third-order valence-electron chi connectivity index (χ3n) is 10.0. The number of rotatable bonds is 12. The molecule has 1 saturated carbocycles. The minimum atomic E-state index is -2.02. The van der Waals surface area contributed by atoms with Crippen LogP contribution in [0.3, 0.4) is 0 Å². The van der Waals surface area contributed by atoms with Crippen LogP contribution < -0.4 is 20.3 Å². The van der Waals surface area contributed by atoms with Crippen LogP contribution >= 0.6 is 11.6 Å². The first-order valence-corrected chi connectivity index (χ1v) is 21.7. The zero-order valence-electron chi connectivity index (χ0n) is 33.0. The lowest BCUT2D eigenvalue weighted by atomic mass is 9.89. The van der Waals surface area contributed by atoms with E-state index in [9.17, 15) is 19.5 Å². The maximum Gasteiger partial charge on any atom is 0.412 e. The largest absolute Gasteiger partial charge is 0.496 e. The lowest BCUT2D eigenvalue weighted by Crippen LogP contribution is -2.47. The standard InChI is InChI=1S/C41H56ClN3O8Si/c1-40(2,3)53-38(47)43-30-16-18-31(19-17-30)45(39(48)49)35-23-27(15-20-32(35)28-13-11-10-12-14-28)21-22-51-37(46)44-34-25-36(50-7)29(24-33(34)42)26-52-54(8,9)41(4,5)6/h10-15,20,23-25,30-31H,16-19,21-22,26H2,1-9H3,(H,43,47)(H,44,46)(H,48,49). The molecule has 1 aliphatic carbocycles. The number of carboxylic acid groups (broad SMARTS) is 1. The normalized spacial score (nSPS) is 16.3. The summed E-state index contributed by atoms with van der Waals surface area (Å²) in [5.74, 6) is 0.537. The number of hydrogen-bond acceptors (Lipinski definition) is 7. The average molecular weight is 782 g/mol. The highest BCUT2D eigenvalue weighted by Gasteiger charge is 2.37. The molecule has 0 unspecified atom stereocenters. The topological polar surface area (TPSA) is 136 Å². The van der Waals surface area contributed by atoms with Gasteiger partial charge in [0.05, 0.1) is 36.7 Å². The first-order valence-electron chi connectivity index (χ1n) is 18.4. The molecule has 0 spiro atoms. The van der Waals surface area contributed by atoms with Gasteiger partial charge in [0.2, 0.25) is 0 Å². The van der Waals surface area contributed by atoms with Crippen molar-refractivity contribution in [3.8, 4) is 16.9 Å². The zero-order chi connectivity index (χ0) is 39.8. The van der Waals surface area contributed by atoms with E-state index in [2.05, 4.69) is 44.5 Å². The third kappa shape index (κ3) is 11.6. The molecule has 3 amide bonds. The van der Waals surface area contributed by atoms with Crippen LogP contribution in [0.25, 0.3) is 11.1 Å². The van der Waals surface area contributed by atoms with Gasteiger partial charge >= 0.3 is 18.3 Å². The van der Waals surface area contributed by atoms with Crippen LogP contribution in [-0.4, -0.2) is 63.1 Å². The van der Waals surface area contributed by atoms with E-state index < -0.39 is 32.2 Å². The minimum Gasteiger partial charge on any atom is -0.496 e. The second kappa shape index (κ2) is 17.9. The van der Waals surface area contributed by atoms with E-state index >= 15 is 0 Å². The molecule has 0 aromatic heterocycles. The van der Waals surface area contributed by atoms with Crippen LogP contribution in [0.4, 0.5) is 25.8 Å². The summed E-state index contributed by atoms with van der Waals surface area (Å²) in [5, 5.41) is 16.6. The molecule has 4 rings (SSSR count). The number of ether oxygens (including phenoxy) is 3. The van der Waals surface area contributed by atoms with E-state index in [0.717, 1.165) is 22.3 Å². The zero-order valence-corrected chi connectivity index (χ0v) is 34.8. The summed E-state index contributed by atoms with van der Waals surface area (Å²) in [7, 11) is -0.465. The molecule has 54 heavy (non-hydrogen) atoms. The molecule has 0 heterocycles. The van der Waals surface area contributed by atoms with Crippen molar-refractivity contribution in [2.24, 2.45) is 0 Å². The summed E-state index contributed by atoms with van der Waals surface area (Å²) in [6.07, 6.45) is 0.470. The number of nitrogens with one attached hydrogen (secondary N) is 2. The van der Waals surface area contributed by atoms with Gasteiger partial charge in [-0.15, -0.1) is 0 Å². The second-order valence-corrected chi connectivity index (χ2v) is 21.4. The average Bonchev–Trinajstić information content (AvgIpc) is 3.08. The van der Waals surface area contributed by atoms with Crippen LogP contribution in [0.5, 0.6) is 5.75 Å². The van der Waals surface area contributed by atoms with Crippen molar-refractivity contribution < 1.29 is 38.1 Å². The van der Waals surface area contributed by atoms with Gasteiger partial charge < -0.3 is 29.1 Å². The van der Waals surface area contributed by atoms with E-state index in [4.69, 9.17) is 30.2 Å². The molecule has 0 bridgehead atoms. The molecule has 3 N–H and O–H groups in total. The molecule has 11 nitrogen and oxygen atoms in total. The summed E-state index contributed by atoms with van der Waals surface area (Å²) in [4.78, 5) is 39.7. The smallest absolute Gasteiger partial charge is 0.412 e. The second-order valence-electron chi connectivity index (χ2n) is 16.2. The molecular formula is C41H56ClN3O8Si. The fourth-order valence-corrected chi connectivity index (χ4v) is 7.26. The summed E-state index contributed by atoms with van der Waals surface area (Å²) in [6.45, 7) is 16.7. The third-order valence-corrected chi connectivity index (χ3v) is 14.8. The van der Waals surface area contributed by atoms with Gasteiger partial charge in [0.1, 0.15) is 11.4 Å². The van der Waals surface area contributed by atoms with Crippen molar-refractivity contribution in [3.63, 3.8) is 0 Å². The maximum absolute atomic E-state index is 12.9. The Morgan fingerprint density at radius 3 is 2.19 bits per heavy atom. The highest BCUT2D eigenvalue weighted by atomic mass is 35.5. The number of benzene rings is 3. The number of nitrogens with zero attached hydrogens (tertiary/aromatic N) is 1. The van der Waals surface area contributed by atoms with E-state index in [-0.39, 0.29) is 23.7 Å². The highest BCUT2D eigenvalue weighted by molar-refractivity contribution is 6.74. The summed E-state index contributed by atoms with van der Waals surface area (Å²) >= 11 is 6.58. The van der Waals surface area contributed by atoms with Gasteiger partial charge in [-0.1, -0.05) is 74.8 Å². The molecule has 0 radical (unpaired) electrons. The number of alkyl carbamates (subject to hydrolysis) is 1. The molecule has 3 aromatic carbocycles. The number of halogens is 1. The van der Waals surface area contributed by atoms with Crippen LogP contribution in [0.1, 0.15) is 78.4 Å². The van der Waals surface area contributed by atoms with Gasteiger partial charge in [-0.25, -0.2) is 14.4 Å². The number of anilines is 2. The Bertz CT molecular complexity index is 1770. The molecular weight excluding hydrogens is 726 g/mol. The van der Waals surface area contributed by atoms with Crippen molar-refractivity contribution >= 4 is 49.6 Å². The molecule has 0 atom stereocenters. The molecule has 294 valence electrons. The number of methoxy groups -OCH3 is 1. The van der Waals surface area contributed by atoms with Crippen LogP contribution in [0.15, 0.2) is 60.7 Å². The lowest BCUT2D eigenvalue weighted by Gasteiger charge is -2.36. The van der Waals surface area contributed by atoms with Crippen LogP contribution in [0, 0.1) is 0 Å². The Balaban J connectivity index is 1.44. The van der Waals surface area contributed by atoms with Crippen molar-refractivity contribution in [3.05, 3.63) is 76.8 Å². The van der Waals surface area contributed by atoms with Crippen molar-refractivity contribution in [2.45, 2.75) is 116 Å². The van der Waals surface area contributed by atoms with Crippen LogP contribution in [-0.2, 0) is 26.9 Å². The van der Waals surface area contributed by atoms with E-state index in [1.807, 2.05) is 69.3 Å². The van der Waals surface area contributed by atoms with Gasteiger partial charge in [-0.2, -0.15) is 0 Å². The Morgan fingerprint density at radius 2 is 1.59 bits per heavy atom. The van der Waals surface area contributed by atoms with Gasteiger partial charge in [0.15, 0.2) is 8.32 Å². The monoisotopic (exact) mass is 781 g/mol. The lowest BCUT2D eigenvalue weighted by molar-refractivity contribution is 0.0490. The van der Waals surface area contributed by atoms with E-state index in [1.165, 1.54) is 4.90 Å². The summed E-state index contributed by atoms with van der Waals surface area (Å²) < 4.78 is 22.9. The summed E-state index contributed by atoms with van der Waals surface area (Å²) in [6, 6.07) is 18.3. The molecule has 3 aromatic rings. The number of carbonyl (C=O) groups is 3. The fraction of sp³-hybridized carbons (Fsp3) is 0.488. The predicted octanol–water partition coefficient (Wildman–Crippen LogP) is 10.6. The van der Waals surface area contributed by atoms with Crippen molar-refractivity contribution in [2.75, 3.05) is 23.9 Å². The van der Waals surface area contributed by atoms with Gasteiger partial charge in [-0.05, 0) is 87.8 Å². The maximum atomic E-state index is 12.9. The number of amides is 3. The highest BCUT2D eigenvalue weighted by Crippen LogP contribution is 2.39. The first kappa shape index (κ1) is 42.5. The molecule has 1 aliphatic rings.